The van der Waals surface area contributed by atoms with Gasteiger partial charge in [-0.3, -0.25) is 4.79 Å². The van der Waals surface area contributed by atoms with E-state index in [0.29, 0.717) is 23.5 Å². The van der Waals surface area contributed by atoms with Gasteiger partial charge in [-0.05, 0) is 63.1 Å². The van der Waals surface area contributed by atoms with Gasteiger partial charge in [0.2, 0.25) is 0 Å². The van der Waals surface area contributed by atoms with Crippen molar-refractivity contribution in [3.05, 3.63) is 70.8 Å². The molecule has 0 aliphatic rings. The van der Waals surface area contributed by atoms with Crippen molar-refractivity contribution in [2.24, 2.45) is 5.92 Å². The van der Waals surface area contributed by atoms with Crippen LogP contribution in [-0.2, 0) is 11.2 Å². The van der Waals surface area contributed by atoms with E-state index in [1.807, 2.05) is 31.2 Å². The van der Waals surface area contributed by atoms with Gasteiger partial charge < -0.3 is 10.1 Å². The summed E-state index contributed by atoms with van der Waals surface area (Å²) in [6.45, 7) is 8.32. The summed E-state index contributed by atoms with van der Waals surface area (Å²) in [6.07, 6.45) is 5.53. The van der Waals surface area contributed by atoms with Crippen LogP contribution in [0.3, 0.4) is 0 Å². The Morgan fingerprint density at radius 3 is 2.50 bits per heavy atom. The molecule has 0 radical (unpaired) electrons. The molecule has 0 aliphatic heterocycles. The average molecular weight is 446 g/mol. The number of halogens is 2. The number of carbonyl (C=O) groups is 1. The lowest BCUT2D eigenvalue weighted by Crippen LogP contribution is -2.29. The Hall–Kier alpha value is -2.27. The molecule has 32 heavy (non-hydrogen) atoms. The molecule has 1 amide bonds. The van der Waals surface area contributed by atoms with E-state index in [2.05, 4.69) is 26.1 Å². The van der Waals surface area contributed by atoms with Gasteiger partial charge in [0.25, 0.3) is 5.91 Å². The minimum Gasteiger partial charge on any atom is -0.379 e. The largest absolute Gasteiger partial charge is 0.379 e. The van der Waals surface area contributed by atoms with Crippen molar-refractivity contribution in [1.29, 1.82) is 0 Å². The van der Waals surface area contributed by atoms with Crippen LogP contribution in [0.1, 0.15) is 87.3 Å². The Kier molecular flexibility index (Phi) is 9.83. The van der Waals surface area contributed by atoms with Crippen LogP contribution in [0.2, 0.25) is 0 Å². The van der Waals surface area contributed by atoms with Crippen LogP contribution >= 0.6 is 0 Å². The van der Waals surface area contributed by atoms with Gasteiger partial charge in [-0.1, -0.05) is 51.0 Å². The van der Waals surface area contributed by atoms with Crippen LogP contribution in [0.25, 0.3) is 0 Å². The number of methoxy groups -OCH3 is 1. The van der Waals surface area contributed by atoms with Gasteiger partial charge in [0.1, 0.15) is 11.6 Å². The molecule has 3 nitrogen and oxygen atoms in total. The first kappa shape index (κ1) is 26.0. The van der Waals surface area contributed by atoms with Crippen LogP contribution in [0.4, 0.5) is 8.78 Å². The number of hydrogen-bond donors (Lipinski definition) is 1. The summed E-state index contributed by atoms with van der Waals surface area (Å²) in [6, 6.07) is 10.5. The molecule has 0 aliphatic carbocycles. The molecule has 0 saturated heterocycles. The van der Waals surface area contributed by atoms with Crippen molar-refractivity contribution in [3.8, 4) is 0 Å². The Balaban J connectivity index is 2.00. The number of carbonyl (C=O) groups excluding carboxylic acids is 1. The second kappa shape index (κ2) is 12.1. The predicted molar refractivity (Wildman–Crippen MR) is 126 cm³/mol. The molecule has 0 heterocycles. The third kappa shape index (κ3) is 7.70. The van der Waals surface area contributed by atoms with Crippen LogP contribution in [-0.4, -0.2) is 18.6 Å². The summed E-state index contributed by atoms with van der Waals surface area (Å²) in [5, 5.41) is 2.93. The smallest absolute Gasteiger partial charge is 0.252 e. The van der Waals surface area contributed by atoms with E-state index in [4.69, 9.17) is 4.74 Å². The molecule has 2 aromatic carbocycles. The molecular formula is C27H37F2NO2. The number of aryl methyl sites for hydroxylation is 1. The van der Waals surface area contributed by atoms with Gasteiger partial charge in [0.05, 0.1) is 11.6 Å². The van der Waals surface area contributed by atoms with E-state index in [0.717, 1.165) is 43.7 Å². The van der Waals surface area contributed by atoms with E-state index in [1.54, 1.807) is 7.11 Å². The molecule has 0 spiro atoms. The molecule has 2 rings (SSSR count). The SMILES string of the molecule is CCC(NC(=O)c1ccccc1CCC(C)CCCC(C)(C)OC)c1ccc(F)cc1F. The summed E-state index contributed by atoms with van der Waals surface area (Å²) in [4.78, 5) is 13.0. The number of benzene rings is 2. The van der Waals surface area contributed by atoms with E-state index in [9.17, 15) is 13.6 Å². The van der Waals surface area contributed by atoms with Crippen molar-refractivity contribution in [1.82, 2.24) is 5.32 Å². The van der Waals surface area contributed by atoms with Gasteiger partial charge in [-0.15, -0.1) is 0 Å². The predicted octanol–water partition coefficient (Wildman–Crippen LogP) is 7.01. The summed E-state index contributed by atoms with van der Waals surface area (Å²) in [7, 11) is 1.75. The zero-order valence-electron chi connectivity index (χ0n) is 20.0. The van der Waals surface area contributed by atoms with Crippen LogP contribution in [0, 0.1) is 17.6 Å². The van der Waals surface area contributed by atoms with E-state index >= 15 is 0 Å². The van der Waals surface area contributed by atoms with Crippen molar-refractivity contribution in [2.75, 3.05) is 7.11 Å². The Morgan fingerprint density at radius 2 is 1.84 bits per heavy atom. The highest BCUT2D eigenvalue weighted by Gasteiger charge is 2.20. The zero-order valence-corrected chi connectivity index (χ0v) is 20.0. The minimum absolute atomic E-state index is 0.0930. The van der Waals surface area contributed by atoms with Crippen molar-refractivity contribution < 1.29 is 18.3 Å². The molecule has 0 bridgehead atoms. The van der Waals surface area contributed by atoms with Crippen molar-refractivity contribution in [2.45, 2.75) is 77.9 Å². The maximum absolute atomic E-state index is 14.2. The van der Waals surface area contributed by atoms with Crippen LogP contribution in [0.15, 0.2) is 42.5 Å². The molecule has 2 unspecified atom stereocenters. The molecule has 5 heteroatoms. The summed E-state index contributed by atoms with van der Waals surface area (Å²) in [5.74, 6) is -0.963. The Morgan fingerprint density at radius 1 is 1.12 bits per heavy atom. The number of ether oxygens (including phenoxy) is 1. The Labute approximate surface area is 191 Å². The fraction of sp³-hybridized carbons (Fsp3) is 0.519. The number of amides is 1. The van der Waals surface area contributed by atoms with Gasteiger partial charge in [-0.25, -0.2) is 8.78 Å². The lowest BCUT2D eigenvalue weighted by atomic mass is 9.91. The molecule has 0 fully saturated rings. The third-order valence-corrected chi connectivity index (χ3v) is 6.25. The Bertz CT molecular complexity index is 882. The van der Waals surface area contributed by atoms with E-state index in [-0.39, 0.29) is 11.5 Å². The second-order valence-corrected chi connectivity index (χ2v) is 9.26. The third-order valence-electron chi connectivity index (χ3n) is 6.25. The van der Waals surface area contributed by atoms with Gasteiger partial charge in [0.15, 0.2) is 0 Å². The van der Waals surface area contributed by atoms with Crippen molar-refractivity contribution in [3.63, 3.8) is 0 Å². The maximum Gasteiger partial charge on any atom is 0.252 e. The van der Waals surface area contributed by atoms with Crippen LogP contribution in [0.5, 0.6) is 0 Å². The van der Waals surface area contributed by atoms with Crippen LogP contribution < -0.4 is 5.32 Å². The minimum atomic E-state index is -0.643. The normalized spacial score (nSPS) is 13.6. The lowest BCUT2D eigenvalue weighted by molar-refractivity contribution is 0.0127. The monoisotopic (exact) mass is 445 g/mol. The molecule has 2 atom stereocenters. The first-order valence-electron chi connectivity index (χ1n) is 11.6. The fourth-order valence-electron chi connectivity index (χ4n) is 3.90. The fourth-order valence-corrected chi connectivity index (χ4v) is 3.90. The molecule has 1 N–H and O–H groups in total. The summed E-state index contributed by atoms with van der Waals surface area (Å²) < 4.78 is 33.0. The highest BCUT2D eigenvalue weighted by molar-refractivity contribution is 5.96. The van der Waals surface area contributed by atoms with Gasteiger partial charge in [0, 0.05) is 24.3 Å². The molecule has 0 saturated carbocycles. The lowest BCUT2D eigenvalue weighted by Gasteiger charge is -2.23. The molecule has 0 aromatic heterocycles. The topological polar surface area (TPSA) is 38.3 Å². The summed E-state index contributed by atoms with van der Waals surface area (Å²) in [5.41, 5.74) is 1.81. The summed E-state index contributed by atoms with van der Waals surface area (Å²) >= 11 is 0. The van der Waals surface area contributed by atoms with E-state index in [1.165, 1.54) is 12.1 Å². The first-order chi connectivity index (χ1) is 15.2. The highest BCUT2D eigenvalue weighted by Crippen LogP contribution is 2.24. The molecule has 176 valence electrons. The van der Waals surface area contributed by atoms with Crippen molar-refractivity contribution >= 4 is 5.91 Å². The quantitative estimate of drug-likeness (QED) is 0.382. The number of rotatable bonds is 12. The average Bonchev–Trinajstić information content (AvgIpc) is 2.76. The molecular weight excluding hydrogens is 408 g/mol. The second-order valence-electron chi connectivity index (χ2n) is 9.26. The maximum atomic E-state index is 14.2. The number of nitrogens with one attached hydrogen (secondary N) is 1. The van der Waals surface area contributed by atoms with Gasteiger partial charge >= 0.3 is 0 Å². The standard InChI is InChI=1S/C27H37F2NO2/c1-6-25(23-16-15-21(28)18-24(23)29)30-26(31)22-12-8-7-11-20(22)14-13-19(2)10-9-17-27(3,4)32-5/h7-8,11-12,15-16,18-19,25H,6,9-10,13-14,17H2,1-5H3,(H,30,31). The highest BCUT2D eigenvalue weighted by atomic mass is 19.1. The van der Waals surface area contributed by atoms with E-state index < -0.39 is 17.7 Å². The number of hydrogen-bond acceptors (Lipinski definition) is 2. The zero-order chi connectivity index (χ0) is 23.7. The first-order valence-corrected chi connectivity index (χ1v) is 11.6. The van der Waals surface area contributed by atoms with Gasteiger partial charge in [-0.2, -0.15) is 0 Å². The molecule has 2 aromatic rings.